The van der Waals surface area contributed by atoms with Crippen LogP contribution in [0.3, 0.4) is 0 Å². The summed E-state index contributed by atoms with van der Waals surface area (Å²) in [4.78, 5) is 11.8. The average Bonchev–Trinajstić information content (AvgIpc) is 3.18. The maximum Gasteiger partial charge on any atom is 0.337 e. The van der Waals surface area contributed by atoms with Crippen LogP contribution < -0.4 is 10.1 Å². The number of aromatic nitrogens is 2. The van der Waals surface area contributed by atoms with Crippen molar-refractivity contribution in [1.82, 2.24) is 9.78 Å². The lowest BCUT2D eigenvalue weighted by molar-refractivity contribution is 0.0697. The number of hydrogen-bond acceptors (Lipinski definition) is 4. The van der Waals surface area contributed by atoms with Crippen molar-refractivity contribution in [2.75, 3.05) is 12.4 Å². The molecule has 0 bridgehead atoms. The lowest BCUT2D eigenvalue weighted by Gasteiger charge is -2.14. The summed E-state index contributed by atoms with van der Waals surface area (Å²) in [6, 6.07) is 24.6. The molecule has 6 heteroatoms. The molecule has 0 radical (unpaired) electrons. The van der Waals surface area contributed by atoms with Gasteiger partial charge in [-0.05, 0) is 36.8 Å². The number of carboxylic acid groups (broad SMARTS) is 1. The minimum Gasteiger partial charge on any atom is -0.497 e. The number of aromatic carboxylic acids is 1. The SMILES string of the molecule is COc1ccc(Nc2cc(-c3ccccc3)nn2-c2ccccc2C)c(C(=O)O)c1. The Bertz CT molecular complexity index is 1200. The van der Waals surface area contributed by atoms with Crippen molar-refractivity contribution >= 4 is 17.5 Å². The van der Waals surface area contributed by atoms with E-state index in [-0.39, 0.29) is 5.56 Å². The predicted octanol–water partition coefficient (Wildman–Crippen LogP) is 5.30. The van der Waals surface area contributed by atoms with Crippen LogP contribution >= 0.6 is 0 Å². The van der Waals surface area contributed by atoms with E-state index in [1.54, 1.807) is 16.8 Å². The topological polar surface area (TPSA) is 76.4 Å². The smallest absolute Gasteiger partial charge is 0.337 e. The minimum atomic E-state index is -1.04. The summed E-state index contributed by atoms with van der Waals surface area (Å²) in [7, 11) is 1.51. The van der Waals surface area contributed by atoms with Crippen LogP contribution in [0, 0.1) is 6.92 Å². The molecule has 0 aliphatic rings. The molecule has 30 heavy (non-hydrogen) atoms. The summed E-state index contributed by atoms with van der Waals surface area (Å²) >= 11 is 0. The van der Waals surface area contributed by atoms with Crippen LogP contribution in [-0.2, 0) is 0 Å². The number of rotatable bonds is 6. The van der Waals surface area contributed by atoms with E-state index in [2.05, 4.69) is 5.32 Å². The molecule has 4 rings (SSSR count). The first-order valence-corrected chi connectivity index (χ1v) is 9.46. The number of hydrogen-bond donors (Lipinski definition) is 2. The van der Waals surface area contributed by atoms with Gasteiger partial charge in [0.1, 0.15) is 11.6 Å². The standard InChI is InChI=1S/C24H21N3O3/c1-16-8-6-7-11-22(16)27-23(15-21(26-27)17-9-4-3-5-10-17)25-20-13-12-18(30-2)14-19(20)24(28)29/h3-15,25H,1-2H3,(H,28,29). The summed E-state index contributed by atoms with van der Waals surface area (Å²) in [5.74, 6) is 0.104. The second-order valence-corrected chi connectivity index (χ2v) is 6.82. The van der Waals surface area contributed by atoms with E-state index in [4.69, 9.17) is 9.84 Å². The highest BCUT2D eigenvalue weighted by Gasteiger charge is 2.17. The second kappa shape index (κ2) is 8.13. The predicted molar refractivity (Wildman–Crippen MR) is 117 cm³/mol. The molecule has 0 spiro atoms. The molecule has 6 nitrogen and oxygen atoms in total. The monoisotopic (exact) mass is 399 g/mol. The molecule has 4 aromatic rings. The van der Waals surface area contributed by atoms with Gasteiger partial charge >= 0.3 is 5.97 Å². The molecule has 0 aliphatic heterocycles. The van der Waals surface area contributed by atoms with Crippen molar-refractivity contribution in [2.24, 2.45) is 0 Å². The fourth-order valence-electron chi connectivity index (χ4n) is 3.28. The summed E-state index contributed by atoms with van der Waals surface area (Å²) in [5, 5.41) is 17.7. The molecule has 0 fully saturated rings. The van der Waals surface area contributed by atoms with Gasteiger partial charge in [-0.25, -0.2) is 9.48 Å². The Balaban J connectivity index is 1.84. The molecule has 0 amide bonds. The highest BCUT2D eigenvalue weighted by molar-refractivity contribution is 5.95. The molecular weight excluding hydrogens is 378 g/mol. The highest BCUT2D eigenvalue weighted by Crippen LogP contribution is 2.30. The molecule has 0 saturated carbocycles. The van der Waals surface area contributed by atoms with Crippen molar-refractivity contribution in [1.29, 1.82) is 0 Å². The van der Waals surface area contributed by atoms with Crippen LogP contribution in [0.1, 0.15) is 15.9 Å². The summed E-state index contributed by atoms with van der Waals surface area (Å²) in [6.45, 7) is 2.01. The Morgan fingerprint density at radius 2 is 1.73 bits per heavy atom. The number of carboxylic acids is 1. The summed E-state index contributed by atoms with van der Waals surface area (Å²) < 4.78 is 6.97. The number of para-hydroxylation sites is 1. The molecule has 3 aromatic carbocycles. The molecule has 0 saturated heterocycles. The van der Waals surface area contributed by atoms with E-state index >= 15 is 0 Å². The molecule has 1 aromatic heterocycles. The van der Waals surface area contributed by atoms with Gasteiger partial charge in [0, 0.05) is 11.6 Å². The number of nitrogens with one attached hydrogen (secondary N) is 1. The van der Waals surface area contributed by atoms with Crippen LogP contribution in [0.4, 0.5) is 11.5 Å². The van der Waals surface area contributed by atoms with Crippen LogP contribution in [0.5, 0.6) is 5.75 Å². The third-order valence-corrected chi connectivity index (χ3v) is 4.84. The Morgan fingerprint density at radius 1 is 1.00 bits per heavy atom. The van der Waals surface area contributed by atoms with Crippen molar-refractivity contribution in [3.63, 3.8) is 0 Å². The Morgan fingerprint density at radius 3 is 2.43 bits per heavy atom. The van der Waals surface area contributed by atoms with Crippen molar-refractivity contribution in [3.8, 4) is 22.7 Å². The Labute approximate surface area is 174 Å². The van der Waals surface area contributed by atoms with E-state index in [9.17, 15) is 9.90 Å². The summed E-state index contributed by atoms with van der Waals surface area (Å²) in [6.07, 6.45) is 0. The minimum absolute atomic E-state index is 0.119. The van der Waals surface area contributed by atoms with E-state index in [1.807, 2.05) is 67.6 Å². The van der Waals surface area contributed by atoms with Crippen molar-refractivity contribution in [2.45, 2.75) is 6.92 Å². The maximum atomic E-state index is 11.8. The van der Waals surface area contributed by atoms with Gasteiger partial charge < -0.3 is 15.2 Å². The maximum absolute atomic E-state index is 11.8. The quantitative estimate of drug-likeness (QED) is 0.460. The highest BCUT2D eigenvalue weighted by atomic mass is 16.5. The average molecular weight is 399 g/mol. The first kappa shape index (κ1) is 19.3. The molecule has 1 heterocycles. The molecule has 0 unspecified atom stereocenters. The lowest BCUT2D eigenvalue weighted by Crippen LogP contribution is -2.07. The fourth-order valence-corrected chi connectivity index (χ4v) is 3.28. The number of benzene rings is 3. The number of ether oxygens (including phenoxy) is 1. The number of aryl methyl sites for hydroxylation is 1. The van der Waals surface area contributed by atoms with Gasteiger partial charge in [0.25, 0.3) is 0 Å². The number of methoxy groups -OCH3 is 1. The molecule has 150 valence electrons. The largest absolute Gasteiger partial charge is 0.497 e. The third-order valence-electron chi connectivity index (χ3n) is 4.84. The second-order valence-electron chi connectivity index (χ2n) is 6.82. The first-order chi connectivity index (χ1) is 14.6. The fraction of sp³-hybridized carbons (Fsp3) is 0.0833. The van der Waals surface area contributed by atoms with E-state index in [0.717, 1.165) is 22.5 Å². The zero-order valence-corrected chi connectivity index (χ0v) is 16.7. The normalized spacial score (nSPS) is 10.6. The van der Waals surface area contributed by atoms with Crippen LogP contribution in [0.25, 0.3) is 16.9 Å². The van der Waals surface area contributed by atoms with Crippen LogP contribution in [-0.4, -0.2) is 28.0 Å². The Hall–Kier alpha value is -4.06. The van der Waals surface area contributed by atoms with E-state index in [0.29, 0.717) is 17.3 Å². The zero-order valence-electron chi connectivity index (χ0n) is 16.7. The number of nitrogens with zero attached hydrogens (tertiary/aromatic N) is 2. The van der Waals surface area contributed by atoms with Gasteiger partial charge in [-0.1, -0.05) is 48.5 Å². The van der Waals surface area contributed by atoms with Gasteiger partial charge in [-0.15, -0.1) is 0 Å². The Kier molecular flexibility index (Phi) is 5.22. The summed E-state index contributed by atoms with van der Waals surface area (Å²) in [5.41, 5.74) is 4.29. The first-order valence-electron chi connectivity index (χ1n) is 9.46. The lowest BCUT2D eigenvalue weighted by atomic mass is 10.1. The zero-order chi connectivity index (χ0) is 21.1. The molecule has 0 atom stereocenters. The van der Waals surface area contributed by atoms with Gasteiger partial charge in [0.2, 0.25) is 0 Å². The molecule has 2 N–H and O–H groups in total. The van der Waals surface area contributed by atoms with Gasteiger partial charge in [-0.3, -0.25) is 0 Å². The molecular formula is C24H21N3O3. The van der Waals surface area contributed by atoms with E-state index < -0.39 is 5.97 Å². The number of carbonyl (C=O) groups is 1. The van der Waals surface area contributed by atoms with E-state index in [1.165, 1.54) is 13.2 Å². The van der Waals surface area contributed by atoms with Crippen molar-refractivity contribution in [3.05, 3.63) is 90.0 Å². The van der Waals surface area contributed by atoms with Gasteiger partial charge in [-0.2, -0.15) is 5.10 Å². The molecule has 0 aliphatic carbocycles. The van der Waals surface area contributed by atoms with Gasteiger partial charge in [0.15, 0.2) is 0 Å². The third kappa shape index (κ3) is 3.75. The van der Waals surface area contributed by atoms with Gasteiger partial charge in [0.05, 0.1) is 29.7 Å². The van der Waals surface area contributed by atoms with Crippen molar-refractivity contribution < 1.29 is 14.6 Å². The van der Waals surface area contributed by atoms with Crippen LogP contribution in [0.15, 0.2) is 78.9 Å². The van der Waals surface area contributed by atoms with Crippen LogP contribution in [0.2, 0.25) is 0 Å². The number of anilines is 2.